The molecule has 0 aliphatic rings. The molecule has 3 rings (SSSR count). The predicted molar refractivity (Wildman–Crippen MR) is 125 cm³/mol. The van der Waals surface area contributed by atoms with Crippen LogP contribution in [0, 0.1) is 10.8 Å². The van der Waals surface area contributed by atoms with Crippen LogP contribution in [0.15, 0.2) is 72.8 Å². The number of anilines is 2. The molecular formula is C22H21ClN6O2. The zero-order valence-electron chi connectivity index (χ0n) is 16.3. The SMILES string of the molecule is Cl.N=C(N)c1ccc(NC(=O)c2cccc(C(=O)Nc3ccc(C(=N)N)cc3)c2)cc1. The number of carbonyl (C=O) groups excluding carboxylic acids is 2. The smallest absolute Gasteiger partial charge is 0.255 e. The number of amidine groups is 2. The molecule has 0 aliphatic heterocycles. The molecule has 9 heteroatoms. The summed E-state index contributed by atoms with van der Waals surface area (Å²) >= 11 is 0. The molecule has 0 fully saturated rings. The predicted octanol–water partition coefficient (Wildman–Crippen LogP) is 3.18. The second-order valence-electron chi connectivity index (χ2n) is 6.47. The van der Waals surface area contributed by atoms with E-state index in [1.807, 2.05) is 0 Å². The van der Waals surface area contributed by atoms with Crippen molar-refractivity contribution < 1.29 is 9.59 Å². The van der Waals surface area contributed by atoms with Crippen LogP contribution in [0.3, 0.4) is 0 Å². The number of carbonyl (C=O) groups is 2. The molecule has 0 unspecified atom stereocenters. The van der Waals surface area contributed by atoms with E-state index in [1.165, 1.54) is 6.07 Å². The fraction of sp³-hybridized carbons (Fsp3) is 0. The summed E-state index contributed by atoms with van der Waals surface area (Å²) in [7, 11) is 0. The molecule has 0 radical (unpaired) electrons. The first-order valence-electron chi connectivity index (χ1n) is 8.95. The number of nitrogens with two attached hydrogens (primary N) is 2. The van der Waals surface area contributed by atoms with Crippen molar-refractivity contribution in [1.29, 1.82) is 10.8 Å². The van der Waals surface area contributed by atoms with Crippen molar-refractivity contribution in [2.75, 3.05) is 10.6 Å². The summed E-state index contributed by atoms with van der Waals surface area (Å²) in [4.78, 5) is 25.1. The maximum absolute atomic E-state index is 12.5. The van der Waals surface area contributed by atoms with Gasteiger partial charge in [-0.15, -0.1) is 12.4 Å². The summed E-state index contributed by atoms with van der Waals surface area (Å²) in [6.07, 6.45) is 0. The Hall–Kier alpha value is -4.17. The Morgan fingerprint density at radius 3 is 1.29 bits per heavy atom. The third-order valence-electron chi connectivity index (χ3n) is 4.29. The van der Waals surface area contributed by atoms with Crippen LogP contribution in [0.2, 0.25) is 0 Å². The summed E-state index contributed by atoms with van der Waals surface area (Å²) in [5, 5.41) is 20.3. The Morgan fingerprint density at radius 1 is 0.613 bits per heavy atom. The van der Waals surface area contributed by atoms with E-state index in [-0.39, 0.29) is 35.9 Å². The second-order valence-corrected chi connectivity index (χ2v) is 6.47. The topological polar surface area (TPSA) is 158 Å². The van der Waals surface area contributed by atoms with Gasteiger partial charge in [0.2, 0.25) is 0 Å². The van der Waals surface area contributed by atoms with E-state index in [4.69, 9.17) is 22.3 Å². The van der Waals surface area contributed by atoms with Crippen molar-refractivity contribution in [1.82, 2.24) is 0 Å². The van der Waals surface area contributed by atoms with Gasteiger partial charge in [0, 0.05) is 33.6 Å². The summed E-state index contributed by atoms with van der Waals surface area (Å²) in [5.41, 5.74) is 13.7. The lowest BCUT2D eigenvalue weighted by Crippen LogP contribution is -2.16. The van der Waals surface area contributed by atoms with Gasteiger partial charge in [-0.05, 0) is 66.7 Å². The van der Waals surface area contributed by atoms with Crippen LogP contribution in [-0.4, -0.2) is 23.5 Å². The highest BCUT2D eigenvalue weighted by molar-refractivity contribution is 6.09. The van der Waals surface area contributed by atoms with Gasteiger partial charge in [-0.25, -0.2) is 0 Å². The molecule has 0 heterocycles. The number of nitrogens with one attached hydrogen (secondary N) is 4. The Labute approximate surface area is 185 Å². The average Bonchev–Trinajstić information content (AvgIpc) is 2.74. The van der Waals surface area contributed by atoms with E-state index in [2.05, 4.69) is 10.6 Å². The number of amides is 2. The molecule has 0 saturated carbocycles. The van der Waals surface area contributed by atoms with Crippen molar-refractivity contribution in [2.24, 2.45) is 11.5 Å². The highest BCUT2D eigenvalue weighted by Crippen LogP contribution is 2.15. The molecule has 8 N–H and O–H groups in total. The average molecular weight is 437 g/mol. The monoisotopic (exact) mass is 436 g/mol. The Kier molecular flexibility index (Phi) is 7.48. The highest BCUT2D eigenvalue weighted by Gasteiger charge is 2.12. The van der Waals surface area contributed by atoms with Gasteiger partial charge in [0.05, 0.1) is 0 Å². The number of hydrogen-bond acceptors (Lipinski definition) is 4. The van der Waals surface area contributed by atoms with E-state index >= 15 is 0 Å². The number of hydrogen-bond donors (Lipinski definition) is 6. The van der Waals surface area contributed by atoms with Crippen molar-refractivity contribution in [3.05, 3.63) is 95.1 Å². The number of benzene rings is 3. The van der Waals surface area contributed by atoms with Crippen molar-refractivity contribution >= 4 is 47.3 Å². The van der Waals surface area contributed by atoms with Crippen LogP contribution in [0.4, 0.5) is 11.4 Å². The summed E-state index contributed by atoms with van der Waals surface area (Å²) in [6, 6.07) is 19.5. The molecule has 0 bridgehead atoms. The minimum atomic E-state index is -0.369. The molecule has 2 amide bonds. The molecule has 0 atom stereocenters. The van der Waals surface area contributed by atoms with E-state index < -0.39 is 0 Å². The zero-order valence-corrected chi connectivity index (χ0v) is 17.1. The van der Waals surface area contributed by atoms with Gasteiger partial charge in [-0.2, -0.15) is 0 Å². The fourth-order valence-corrected chi connectivity index (χ4v) is 2.67. The van der Waals surface area contributed by atoms with E-state index in [0.29, 0.717) is 33.6 Å². The largest absolute Gasteiger partial charge is 0.384 e. The van der Waals surface area contributed by atoms with Gasteiger partial charge in [0.1, 0.15) is 11.7 Å². The lowest BCUT2D eigenvalue weighted by Gasteiger charge is -2.09. The van der Waals surface area contributed by atoms with Crippen molar-refractivity contribution in [2.45, 2.75) is 0 Å². The minimum Gasteiger partial charge on any atom is -0.384 e. The quantitative estimate of drug-likeness (QED) is 0.259. The second kappa shape index (κ2) is 10.0. The van der Waals surface area contributed by atoms with E-state index in [9.17, 15) is 9.59 Å². The number of nitrogen functional groups attached to an aromatic ring is 2. The number of rotatable bonds is 6. The number of halogens is 1. The molecule has 8 nitrogen and oxygen atoms in total. The molecule has 0 aliphatic carbocycles. The van der Waals surface area contributed by atoms with Crippen LogP contribution < -0.4 is 22.1 Å². The Balaban J connectivity index is 0.00000341. The van der Waals surface area contributed by atoms with Crippen LogP contribution in [0.1, 0.15) is 31.8 Å². The summed E-state index contributed by atoms with van der Waals surface area (Å²) in [5.74, 6) is -0.845. The van der Waals surface area contributed by atoms with Crippen LogP contribution in [-0.2, 0) is 0 Å². The first-order chi connectivity index (χ1) is 14.3. The molecule has 3 aromatic carbocycles. The van der Waals surface area contributed by atoms with Gasteiger partial charge >= 0.3 is 0 Å². The zero-order chi connectivity index (χ0) is 21.7. The van der Waals surface area contributed by atoms with Gasteiger partial charge in [-0.1, -0.05) is 6.07 Å². The molecule has 3 aromatic rings. The molecule has 31 heavy (non-hydrogen) atoms. The van der Waals surface area contributed by atoms with E-state index in [0.717, 1.165) is 0 Å². The molecule has 0 saturated heterocycles. The van der Waals surface area contributed by atoms with Crippen LogP contribution >= 0.6 is 12.4 Å². The van der Waals surface area contributed by atoms with E-state index in [1.54, 1.807) is 66.7 Å². The molecule has 0 spiro atoms. The first-order valence-corrected chi connectivity index (χ1v) is 8.95. The Morgan fingerprint density at radius 2 is 0.968 bits per heavy atom. The minimum absolute atomic E-state index is 0. The molecule has 0 aromatic heterocycles. The third kappa shape index (κ3) is 5.91. The maximum Gasteiger partial charge on any atom is 0.255 e. The van der Waals surface area contributed by atoms with Gasteiger partial charge in [0.25, 0.3) is 11.8 Å². The standard InChI is InChI=1S/C22H20N6O2.ClH/c23-19(24)13-4-8-17(9-5-13)27-21(29)15-2-1-3-16(12-15)22(30)28-18-10-6-14(7-11-18)20(25)26;/h1-12H,(H3,23,24)(H3,25,26)(H,27,29)(H,28,30);1H. The Bertz CT molecular complexity index is 1040. The van der Waals surface area contributed by atoms with Crippen LogP contribution in [0.5, 0.6) is 0 Å². The van der Waals surface area contributed by atoms with Gasteiger partial charge in [0.15, 0.2) is 0 Å². The first kappa shape index (κ1) is 23.1. The molecule has 158 valence electrons. The van der Waals surface area contributed by atoms with Gasteiger partial charge in [-0.3, -0.25) is 20.4 Å². The summed E-state index contributed by atoms with van der Waals surface area (Å²) in [6.45, 7) is 0. The maximum atomic E-state index is 12.5. The highest BCUT2D eigenvalue weighted by atomic mass is 35.5. The molecular weight excluding hydrogens is 416 g/mol. The van der Waals surface area contributed by atoms with Gasteiger partial charge < -0.3 is 22.1 Å². The summed E-state index contributed by atoms with van der Waals surface area (Å²) < 4.78 is 0. The van der Waals surface area contributed by atoms with Crippen molar-refractivity contribution in [3.8, 4) is 0 Å². The normalized spacial score (nSPS) is 9.81. The lowest BCUT2D eigenvalue weighted by atomic mass is 10.1. The third-order valence-corrected chi connectivity index (χ3v) is 4.29. The van der Waals surface area contributed by atoms with Crippen LogP contribution in [0.25, 0.3) is 0 Å². The fourth-order valence-electron chi connectivity index (χ4n) is 2.67. The van der Waals surface area contributed by atoms with Crippen molar-refractivity contribution in [3.63, 3.8) is 0 Å². The lowest BCUT2D eigenvalue weighted by molar-refractivity contribution is 0.102.